The van der Waals surface area contributed by atoms with Gasteiger partial charge in [-0.3, -0.25) is 14.4 Å². The van der Waals surface area contributed by atoms with E-state index >= 15 is 0 Å². The van der Waals surface area contributed by atoms with Crippen molar-refractivity contribution in [3.63, 3.8) is 0 Å². The lowest BCUT2D eigenvalue weighted by atomic mass is 10.0. The van der Waals surface area contributed by atoms with Crippen LogP contribution in [0.25, 0.3) is 32.0 Å². The van der Waals surface area contributed by atoms with E-state index in [1.807, 2.05) is 82.9 Å². The number of likely N-dealkylation sites (tertiary alicyclic amines) is 2. The molecule has 3 saturated heterocycles. The lowest BCUT2D eigenvalue weighted by Crippen LogP contribution is -2.46. The summed E-state index contributed by atoms with van der Waals surface area (Å²) in [7, 11) is 0. The molecule has 12 heteroatoms. The smallest absolute Gasteiger partial charge is 0.250 e. The van der Waals surface area contributed by atoms with E-state index in [2.05, 4.69) is 64.1 Å². The second-order valence-corrected chi connectivity index (χ2v) is 18.3. The molecular weight excluding hydrogens is 799 g/mol. The fourth-order valence-corrected chi connectivity index (χ4v) is 11.0. The Balaban J connectivity index is 0.834. The maximum atomic E-state index is 14.3. The molecule has 4 aromatic carbocycles. The lowest BCUT2D eigenvalue weighted by molar-refractivity contribution is -0.137. The third-order valence-electron chi connectivity index (χ3n) is 12.1. The Bertz CT molecular complexity index is 2410. The van der Waals surface area contributed by atoms with Gasteiger partial charge in [-0.05, 0) is 59.1 Å². The Kier molecular flexibility index (Phi) is 12.7. The Morgan fingerprint density at radius 2 is 1.18 bits per heavy atom. The van der Waals surface area contributed by atoms with E-state index in [0.29, 0.717) is 25.9 Å². The molecule has 2 aromatic heterocycles. The average Bonchev–Trinajstić information content (AvgIpc) is 4.16. The van der Waals surface area contributed by atoms with Gasteiger partial charge in [-0.15, -0.1) is 22.7 Å². The number of carbonyl (C=O) groups is 3. The quantitative estimate of drug-likeness (QED) is 0.120. The zero-order valence-electron chi connectivity index (χ0n) is 34.2. The van der Waals surface area contributed by atoms with Crippen LogP contribution in [-0.4, -0.2) is 88.2 Å². The van der Waals surface area contributed by atoms with Gasteiger partial charge < -0.3 is 25.3 Å². The topological polar surface area (TPSA) is 111 Å². The molecule has 0 spiro atoms. The highest BCUT2D eigenvalue weighted by atomic mass is 32.1. The number of piperazine rings is 1. The summed E-state index contributed by atoms with van der Waals surface area (Å²) in [5.74, 6) is -0.0303. The van der Waals surface area contributed by atoms with Gasteiger partial charge in [-0.25, -0.2) is 9.97 Å². The molecular formula is C49H51N7O3S2. The van der Waals surface area contributed by atoms with Crippen LogP contribution in [-0.2, 0) is 20.8 Å². The highest BCUT2D eigenvalue weighted by Crippen LogP contribution is 2.40. The highest BCUT2D eigenvalue weighted by Gasteiger charge is 2.37. The lowest BCUT2D eigenvalue weighted by Gasteiger charge is -2.29. The summed E-state index contributed by atoms with van der Waals surface area (Å²) >= 11 is 3.32. The van der Waals surface area contributed by atoms with Crippen molar-refractivity contribution in [3.05, 3.63) is 143 Å². The summed E-state index contributed by atoms with van der Waals surface area (Å²) in [6.07, 6.45) is 8.30. The Labute approximate surface area is 365 Å². The third kappa shape index (κ3) is 9.53. The van der Waals surface area contributed by atoms with Crippen molar-refractivity contribution in [1.29, 1.82) is 0 Å². The van der Waals surface area contributed by atoms with Crippen LogP contribution in [0.5, 0.6) is 0 Å². The molecule has 2 N–H and O–H groups in total. The molecule has 0 bridgehead atoms. The maximum absolute atomic E-state index is 14.3. The number of thiazole rings is 2. The molecule has 0 aliphatic carbocycles. The molecule has 312 valence electrons. The van der Waals surface area contributed by atoms with Gasteiger partial charge in [0.15, 0.2) is 0 Å². The van der Waals surface area contributed by atoms with E-state index in [1.54, 1.807) is 22.7 Å². The fourth-order valence-electron chi connectivity index (χ4n) is 8.81. The van der Waals surface area contributed by atoms with Crippen molar-refractivity contribution in [1.82, 2.24) is 35.3 Å². The summed E-state index contributed by atoms with van der Waals surface area (Å²) in [5.41, 5.74) is 6.28. The number of nitrogens with zero attached hydrogens (tertiary/aromatic N) is 5. The van der Waals surface area contributed by atoms with Gasteiger partial charge >= 0.3 is 0 Å². The predicted octanol–water partition coefficient (Wildman–Crippen LogP) is 8.32. The minimum Gasteiger partial charge on any atom is -0.340 e. The van der Waals surface area contributed by atoms with Crippen LogP contribution in [0.15, 0.2) is 122 Å². The van der Waals surface area contributed by atoms with Crippen LogP contribution in [0.1, 0.15) is 71.4 Å². The van der Waals surface area contributed by atoms with Gasteiger partial charge in [0.25, 0.3) is 0 Å². The summed E-state index contributed by atoms with van der Waals surface area (Å²) in [4.78, 5) is 58.9. The molecule has 9 rings (SSSR count). The van der Waals surface area contributed by atoms with E-state index in [-0.39, 0.29) is 29.8 Å². The van der Waals surface area contributed by atoms with Crippen molar-refractivity contribution >= 4 is 40.4 Å². The van der Waals surface area contributed by atoms with Crippen molar-refractivity contribution in [3.8, 4) is 32.0 Å². The number of aromatic nitrogens is 2. The Morgan fingerprint density at radius 1 is 0.656 bits per heavy atom. The van der Waals surface area contributed by atoms with Crippen LogP contribution in [0.4, 0.5) is 0 Å². The molecule has 3 amide bonds. The summed E-state index contributed by atoms with van der Waals surface area (Å²) in [6.45, 7) is 5.80. The average molecular weight is 850 g/mol. The monoisotopic (exact) mass is 849 g/mol. The number of rotatable bonds is 13. The molecule has 3 aliphatic rings. The molecule has 61 heavy (non-hydrogen) atoms. The number of hydrogen-bond acceptors (Lipinski definition) is 9. The van der Waals surface area contributed by atoms with Gasteiger partial charge in [0, 0.05) is 64.6 Å². The van der Waals surface area contributed by atoms with Gasteiger partial charge in [0.1, 0.15) is 16.1 Å². The van der Waals surface area contributed by atoms with Crippen LogP contribution in [0.3, 0.4) is 0 Å². The van der Waals surface area contributed by atoms with Gasteiger partial charge in [-0.2, -0.15) is 0 Å². The molecule has 0 radical (unpaired) electrons. The zero-order chi connectivity index (χ0) is 41.5. The van der Waals surface area contributed by atoms with E-state index in [0.717, 1.165) is 112 Å². The first-order valence-electron chi connectivity index (χ1n) is 21.5. The Hall–Kier alpha value is -5.53. The molecule has 3 aliphatic heterocycles. The zero-order valence-corrected chi connectivity index (χ0v) is 35.9. The van der Waals surface area contributed by atoms with Crippen LogP contribution in [0.2, 0.25) is 0 Å². The van der Waals surface area contributed by atoms with Crippen LogP contribution in [0, 0.1) is 0 Å². The Morgan fingerprint density at radius 3 is 1.77 bits per heavy atom. The van der Waals surface area contributed by atoms with Crippen LogP contribution >= 0.6 is 22.7 Å². The van der Waals surface area contributed by atoms with Gasteiger partial charge in [0.05, 0.1) is 28.3 Å². The number of nitrogens with one attached hydrogen (secondary N) is 2. The maximum Gasteiger partial charge on any atom is 0.250 e. The van der Waals surface area contributed by atoms with E-state index < -0.39 is 6.04 Å². The molecule has 3 atom stereocenters. The predicted molar refractivity (Wildman–Crippen MR) is 243 cm³/mol. The highest BCUT2D eigenvalue weighted by molar-refractivity contribution is 7.15. The molecule has 3 fully saturated rings. The van der Waals surface area contributed by atoms with E-state index in [4.69, 9.17) is 9.97 Å². The molecule has 6 aromatic rings. The van der Waals surface area contributed by atoms with Crippen LogP contribution < -0.4 is 10.6 Å². The van der Waals surface area contributed by atoms with Crippen molar-refractivity contribution in [2.24, 2.45) is 0 Å². The van der Waals surface area contributed by atoms with Crippen molar-refractivity contribution < 1.29 is 14.4 Å². The second-order valence-electron chi connectivity index (χ2n) is 16.1. The molecule has 10 nitrogen and oxygen atoms in total. The fraction of sp³-hybridized carbons (Fsp3) is 0.327. The molecule has 0 unspecified atom stereocenters. The van der Waals surface area contributed by atoms with E-state index in [1.165, 1.54) is 0 Å². The molecule has 0 saturated carbocycles. The summed E-state index contributed by atoms with van der Waals surface area (Å²) in [5, 5.41) is 8.38. The normalized spacial score (nSPS) is 18.6. The first-order chi connectivity index (χ1) is 30.0. The largest absolute Gasteiger partial charge is 0.340 e. The van der Waals surface area contributed by atoms with Gasteiger partial charge in [-0.1, -0.05) is 109 Å². The second kappa shape index (κ2) is 19.0. The minimum absolute atomic E-state index is 0.0331. The number of hydrogen-bond donors (Lipinski definition) is 2. The standard InChI is InChI=1S/C49H51N7O3S2/c57-44(23-28-54-29-24-50-25-30-54)53-46(39-11-5-2-6-12-39)49(59)56-27-8-14-41(56)48-52-33-43(61-48)38-21-17-36(18-22-38)35-15-19-37(20-16-35)42-32-51-47(60-42)40-13-7-26-55(40)45(58)31-34-9-3-1-4-10-34/h1-6,9-12,15-22,32-33,40-41,46,50H,7-8,13-14,23-31H2,(H,53,57)/t40-,41-,46+/m0/s1. The van der Waals surface area contributed by atoms with E-state index in [9.17, 15) is 14.4 Å². The number of amides is 3. The van der Waals surface area contributed by atoms with Gasteiger partial charge in [0.2, 0.25) is 17.7 Å². The van der Waals surface area contributed by atoms with Crippen molar-refractivity contribution in [2.75, 3.05) is 45.8 Å². The first kappa shape index (κ1) is 40.9. The molecule has 5 heterocycles. The SMILES string of the molecule is O=C(CCN1CCNCC1)N[C@@H](C(=O)N1CCC[C@H]1c1ncc(-c2ccc(-c3ccc(-c4cnc([C@@H]5CCCN5C(=O)Cc5ccccc5)s4)cc3)cc2)s1)c1ccccc1. The summed E-state index contributed by atoms with van der Waals surface area (Å²) in [6, 6.07) is 35.9. The summed E-state index contributed by atoms with van der Waals surface area (Å²) < 4.78 is 0. The third-order valence-corrected chi connectivity index (χ3v) is 14.4. The number of benzene rings is 4. The minimum atomic E-state index is -0.747. The first-order valence-corrected chi connectivity index (χ1v) is 23.1. The van der Waals surface area contributed by atoms with Crippen molar-refractivity contribution in [2.45, 2.75) is 56.7 Å². The number of carbonyl (C=O) groups excluding carboxylic acids is 3.